The molecule has 3 N–H and O–H groups in total. The first-order valence-corrected chi connectivity index (χ1v) is 9.15. The number of nitrogen functional groups attached to an aromatic ring is 1. The number of benzene rings is 1. The highest BCUT2D eigenvalue weighted by Crippen LogP contribution is 2.27. The SMILES string of the molecule is CC(C)S(=O)(=O)n1c(N)nc2ccc(C(O)c3cc(F)ccc3F)nc21. The molecule has 0 bridgehead atoms. The zero-order chi connectivity index (χ0) is 19.2. The number of nitrogens with two attached hydrogens (primary N) is 1. The van der Waals surface area contributed by atoms with Crippen LogP contribution in [0.25, 0.3) is 11.2 Å². The fraction of sp³-hybridized carbons (Fsp3) is 0.250. The average Bonchev–Trinajstić information content (AvgIpc) is 2.91. The Bertz CT molecular complexity index is 1100. The van der Waals surface area contributed by atoms with Crippen LogP contribution in [0.5, 0.6) is 0 Å². The van der Waals surface area contributed by atoms with E-state index in [1.807, 2.05) is 0 Å². The molecule has 2 heterocycles. The largest absolute Gasteiger partial charge is 0.382 e. The molecular formula is C16H16F2N4O3S. The Kier molecular flexibility index (Phi) is 4.41. The normalized spacial score (nSPS) is 13.5. The lowest BCUT2D eigenvalue weighted by molar-refractivity contribution is 0.210. The van der Waals surface area contributed by atoms with Gasteiger partial charge in [0.1, 0.15) is 23.3 Å². The molecule has 0 aliphatic rings. The van der Waals surface area contributed by atoms with Crippen molar-refractivity contribution in [1.82, 2.24) is 13.9 Å². The van der Waals surface area contributed by atoms with Crippen LogP contribution in [-0.2, 0) is 10.0 Å². The number of aliphatic hydroxyl groups excluding tert-OH is 1. The number of fused-ring (bicyclic) bond motifs is 1. The summed E-state index contributed by atoms with van der Waals surface area (Å²) < 4.78 is 53.1. The van der Waals surface area contributed by atoms with Gasteiger partial charge in [0, 0.05) is 5.56 Å². The third-order valence-electron chi connectivity index (χ3n) is 3.89. The number of aromatic nitrogens is 3. The Morgan fingerprint density at radius 1 is 1.15 bits per heavy atom. The first-order valence-electron chi connectivity index (χ1n) is 7.65. The molecule has 1 unspecified atom stereocenters. The molecule has 0 saturated carbocycles. The molecule has 0 saturated heterocycles. The predicted octanol–water partition coefficient (Wildman–Crippen LogP) is 1.96. The summed E-state index contributed by atoms with van der Waals surface area (Å²) in [6.07, 6.45) is -1.60. The molecule has 0 radical (unpaired) electrons. The van der Waals surface area contributed by atoms with E-state index >= 15 is 0 Å². The molecule has 0 amide bonds. The summed E-state index contributed by atoms with van der Waals surface area (Å²) in [5, 5.41) is 9.59. The van der Waals surface area contributed by atoms with Gasteiger partial charge in [0.2, 0.25) is 16.0 Å². The Labute approximate surface area is 148 Å². The van der Waals surface area contributed by atoms with Crippen molar-refractivity contribution >= 4 is 27.1 Å². The van der Waals surface area contributed by atoms with Crippen molar-refractivity contribution in [2.75, 3.05) is 5.73 Å². The van der Waals surface area contributed by atoms with Crippen molar-refractivity contribution < 1.29 is 22.3 Å². The maximum Gasteiger partial charge on any atom is 0.245 e. The van der Waals surface area contributed by atoms with Gasteiger partial charge in [-0.05, 0) is 44.2 Å². The van der Waals surface area contributed by atoms with Gasteiger partial charge in [-0.3, -0.25) is 0 Å². The van der Waals surface area contributed by atoms with Crippen molar-refractivity contribution in [3.05, 3.63) is 53.2 Å². The lowest BCUT2D eigenvalue weighted by Crippen LogP contribution is -2.24. The maximum atomic E-state index is 13.9. The van der Waals surface area contributed by atoms with Crippen LogP contribution in [0.4, 0.5) is 14.7 Å². The fourth-order valence-electron chi connectivity index (χ4n) is 2.47. The van der Waals surface area contributed by atoms with Crippen LogP contribution >= 0.6 is 0 Å². The van der Waals surface area contributed by atoms with Gasteiger partial charge >= 0.3 is 0 Å². The molecule has 0 aliphatic carbocycles. The first-order chi connectivity index (χ1) is 12.1. The van der Waals surface area contributed by atoms with Gasteiger partial charge in [0.05, 0.1) is 10.9 Å². The van der Waals surface area contributed by atoms with Crippen LogP contribution < -0.4 is 5.73 Å². The molecule has 0 spiro atoms. The second-order valence-corrected chi connectivity index (χ2v) is 8.31. The van der Waals surface area contributed by atoms with E-state index in [1.54, 1.807) is 0 Å². The van der Waals surface area contributed by atoms with Crippen molar-refractivity contribution in [1.29, 1.82) is 0 Å². The highest BCUT2D eigenvalue weighted by molar-refractivity contribution is 7.90. The number of imidazole rings is 1. The van der Waals surface area contributed by atoms with Crippen molar-refractivity contribution in [2.45, 2.75) is 25.2 Å². The summed E-state index contributed by atoms with van der Waals surface area (Å²) in [6.45, 7) is 2.95. The van der Waals surface area contributed by atoms with Gasteiger partial charge in [0.25, 0.3) is 0 Å². The molecule has 7 nitrogen and oxygen atoms in total. The van der Waals surface area contributed by atoms with Gasteiger partial charge in [-0.2, -0.15) is 3.97 Å². The molecule has 1 aromatic carbocycles. The van der Waals surface area contributed by atoms with Gasteiger partial charge in [-0.25, -0.2) is 27.2 Å². The van der Waals surface area contributed by atoms with E-state index < -0.39 is 33.0 Å². The Hall–Kier alpha value is -2.59. The first kappa shape index (κ1) is 18.2. The standard InChI is InChI=1S/C16H16F2N4O3S/c1-8(2)26(24,25)22-15-13(21-16(22)19)6-5-12(20-15)14(23)10-7-9(17)3-4-11(10)18/h3-8,14,23H,1-2H3,(H2,19,21). The van der Waals surface area contributed by atoms with Gasteiger partial charge < -0.3 is 10.8 Å². The highest BCUT2D eigenvalue weighted by atomic mass is 32.2. The van der Waals surface area contributed by atoms with E-state index in [9.17, 15) is 22.3 Å². The van der Waals surface area contributed by atoms with Crippen molar-refractivity contribution in [3.63, 3.8) is 0 Å². The number of halogens is 2. The number of anilines is 1. The van der Waals surface area contributed by atoms with Gasteiger partial charge in [-0.15, -0.1) is 0 Å². The van der Waals surface area contributed by atoms with Gasteiger partial charge in [-0.1, -0.05) is 0 Å². The van der Waals surface area contributed by atoms with E-state index in [0.29, 0.717) is 0 Å². The number of pyridine rings is 1. The van der Waals surface area contributed by atoms with Crippen molar-refractivity contribution in [2.24, 2.45) is 0 Å². The Balaban J connectivity index is 2.19. The smallest absolute Gasteiger partial charge is 0.245 e. The molecule has 2 aromatic heterocycles. The number of aliphatic hydroxyl groups is 1. The van der Waals surface area contributed by atoms with E-state index in [2.05, 4.69) is 9.97 Å². The molecular weight excluding hydrogens is 366 g/mol. The summed E-state index contributed by atoms with van der Waals surface area (Å²) in [5.74, 6) is -1.81. The van der Waals surface area contributed by atoms with Crippen molar-refractivity contribution in [3.8, 4) is 0 Å². The van der Waals surface area contributed by atoms with Crippen LogP contribution in [0.1, 0.15) is 31.2 Å². The lowest BCUT2D eigenvalue weighted by Gasteiger charge is -2.13. The minimum atomic E-state index is -3.86. The molecule has 138 valence electrons. The summed E-state index contributed by atoms with van der Waals surface area (Å²) in [4.78, 5) is 8.04. The highest BCUT2D eigenvalue weighted by Gasteiger charge is 2.26. The lowest BCUT2D eigenvalue weighted by atomic mass is 10.1. The molecule has 3 aromatic rings. The predicted molar refractivity (Wildman–Crippen MR) is 91.8 cm³/mol. The average molecular weight is 382 g/mol. The summed E-state index contributed by atoms with van der Waals surface area (Å²) >= 11 is 0. The Morgan fingerprint density at radius 2 is 1.85 bits per heavy atom. The topological polar surface area (TPSA) is 111 Å². The summed E-state index contributed by atoms with van der Waals surface area (Å²) in [7, 11) is -3.86. The molecule has 26 heavy (non-hydrogen) atoms. The zero-order valence-electron chi connectivity index (χ0n) is 13.9. The monoisotopic (exact) mass is 382 g/mol. The molecule has 3 rings (SSSR count). The van der Waals surface area contributed by atoms with Crippen LogP contribution in [0, 0.1) is 11.6 Å². The van der Waals surface area contributed by atoms with Crippen LogP contribution in [0.2, 0.25) is 0 Å². The molecule has 1 atom stereocenters. The minimum Gasteiger partial charge on any atom is -0.382 e. The quantitative estimate of drug-likeness (QED) is 0.714. The summed E-state index contributed by atoms with van der Waals surface area (Å²) in [6, 6.07) is 5.41. The third-order valence-corrected chi connectivity index (χ3v) is 5.95. The van der Waals surface area contributed by atoms with E-state index in [-0.39, 0.29) is 28.4 Å². The second-order valence-electron chi connectivity index (χ2n) is 5.98. The number of rotatable bonds is 4. The number of hydrogen-bond donors (Lipinski definition) is 2. The summed E-state index contributed by atoms with van der Waals surface area (Å²) in [5.41, 5.74) is 5.44. The number of hydrogen-bond acceptors (Lipinski definition) is 6. The molecule has 0 aliphatic heterocycles. The molecule has 10 heteroatoms. The second kappa shape index (κ2) is 6.29. The minimum absolute atomic E-state index is 0.0675. The molecule has 0 fully saturated rings. The van der Waals surface area contributed by atoms with Gasteiger partial charge in [0.15, 0.2) is 5.65 Å². The Morgan fingerprint density at radius 3 is 2.50 bits per heavy atom. The van der Waals surface area contributed by atoms with E-state index in [1.165, 1.54) is 26.0 Å². The van der Waals surface area contributed by atoms with Crippen LogP contribution in [0.15, 0.2) is 30.3 Å². The van der Waals surface area contributed by atoms with E-state index in [0.717, 1.165) is 22.2 Å². The number of nitrogens with zero attached hydrogens (tertiary/aromatic N) is 3. The van der Waals surface area contributed by atoms with E-state index in [4.69, 9.17) is 5.73 Å². The fourth-order valence-corrected chi connectivity index (χ4v) is 3.57. The van der Waals surface area contributed by atoms with Crippen LogP contribution in [0.3, 0.4) is 0 Å². The zero-order valence-corrected chi connectivity index (χ0v) is 14.7. The van der Waals surface area contributed by atoms with Crippen LogP contribution in [-0.4, -0.2) is 32.7 Å². The maximum absolute atomic E-state index is 13.9. The third kappa shape index (κ3) is 2.90.